The molecule has 1 aromatic rings. The van der Waals surface area contributed by atoms with Crippen LogP contribution < -0.4 is 14.8 Å². The van der Waals surface area contributed by atoms with Crippen LogP contribution in [-0.4, -0.2) is 48.1 Å². The Morgan fingerprint density at radius 3 is 2.04 bits per heavy atom. The predicted molar refractivity (Wildman–Crippen MR) is 85.7 cm³/mol. The second-order valence-corrected chi connectivity index (χ2v) is 6.09. The van der Waals surface area contributed by atoms with Crippen molar-refractivity contribution in [3.63, 3.8) is 0 Å². The van der Waals surface area contributed by atoms with Crippen molar-refractivity contribution < 1.29 is 34.0 Å². The largest absolute Gasteiger partial charge is 0.502 e. The molecule has 0 aromatic heterocycles. The number of phenolic OH excluding ortho intramolecular Hbond substituents is 1. The maximum absolute atomic E-state index is 11.8. The Bertz CT molecular complexity index is 582. The van der Waals surface area contributed by atoms with Gasteiger partial charge in [-0.15, -0.1) is 0 Å². The molecule has 0 radical (unpaired) electrons. The van der Waals surface area contributed by atoms with Gasteiger partial charge in [0, 0.05) is 6.42 Å². The molecule has 0 saturated carbocycles. The van der Waals surface area contributed by atoms with Gasteiger partial charge in [0.15, 0.2) is 11.5 Å². The fraction of sp³-hybridized carbons (Fsp3) is 0.500. The number of ether oxygens (including phenoxy) is 3. The molecule has 1 aromatic carbocycles. The van der Waals surface area contributed by atoms with E-state index >= 15 is 0 Å². The molecule has 0 fully saturated rings. The molecule has 0 aliphatic carbocycles. The predicted octanol–water partition coefficient (Wildman–Crippen LogP) is 1.93. The average Bonchev–Trinajstić information content (AvgIpc) is 2.45. The number of methoxy groups -OCH3 is 2. The molecule has 1 amide bonds. The maximum Gasteiger partial charge on any atom is 0.408 e. The van der Waals surface area contributed by atoms with E-state index in [0.717, 1.165) is 0 Å². The number of benzene rings is 1. The molecule has 1 unspecified atom stereocenters. The molecule has 1 rings (SSSR count). The molecule has 8 heteroatoms. The number of rotatable bonds is 6. The van der Waals surface area contributed by atoms with Crippen LogP contribution in [0.3, 0.4) is 0 Å². The van der Waals surface area contributed by atoms with E-state index < -0.39 is 23.7 Å². The molecule has 0 saturated heterocycles. The number of carbonyl (C=O) groups excluding carboxylic acids is 1. The lowest BCUT2D eigenvalue weighted by Gasteiger charge is -2.22. The summed E-state index contributed by atoms with van der Waals surface area (Å²) in [5.74, 6) is -1.11. The van der Waals surface area contributed by atoms with Gasteiger partial charge in [-0.1, -0.05) is 0 Å². The van der Waals surface area contributed by atoms with Crippen LogP contribution >= 0.6 is 0 Å². The van der Waals surface area contributed by atoms with Gasteiger partial charge < -0.3 is 29.7 Å². The van der Waals surface area contributed by atoms with E-state index in [1.54, 1.807) is 20.8 Å². The standard InChI is InChI=1S/C16H23NO7/c1-16(2,3)24-15(21)17-10(14(19)20)6-9-7-11(22-4)13(18)12(8-9)23-5/h7-8,10,18H,6H2,1-5H3,(H,17,21)(H,19,20). The lowest BCUT2D eigenvalue weighted by Crippen LogP contribution is -2.44. The topological polar surface area (TPSA) is 114 Å². The van der Waals surface area contributed by atoms with E-state index in [4.69, 9.17) is 14.2 Å². The average molecular weight is 341 g/mol. The minimum absolute atomic E-state index is 0.0401. The number of carboxylic acids is 1. The lowest BCUT2D eigenvalue weighted by molar-refractivity contribution is -0.139. The van der Waals surface area contributed by atoms with Gasteiger partial charge >= 0.3 is 12.1 Å². The monoisotopic (exact) mass is 341 g/mol. The van der Waals surface area contributed by atoms with E-state index in [2.05, 4.69) is 5.32 Å². The first kappa shape index (κ1) is 19.4. The second-order valence-electron chi connectivity index (χ2n) is 6.09. The van der Waals surface area contributed by atoms with Crippen LogP contribution in [0.5, 0.6) is 17.2 Å². The van der Waals surface area contributed by atoms with Crippen LogP contribution in [0.25, 0.3) is 0 Å². The summed E-state index contributed by atoms with van der Waals surface area (Å²) in [6.45, 7) is 5.04. The van der Waals surface area contributed by atoms with Crippen LogP contribution in [0, 0.1) is 0 Å². The van der Waals surface area contributed by atoms with E-state index in [1.165, 1.54) is 26.4 Å². The highest BCUT2D eigenvalue weighted by atomic mass is 16.6. The quantitative estimate of drug-likeness (QED) is 0.724. The first-order valence-corrected chi connectivity index (χ1v) is 7.23. The van der Waals surface area contributed by atoms with Gasteiger partial charge in [0.1, 0.15) is 11.6 Å². The number of aromatic hydroxyl groups is 1. The van der Waals surface area contributed by atoms with Crippen LogP contribution in [0.2, 0.25) is 0 Å². The van der Waals surface area contributed by atoms with Gasteiger partial charge in [0.25, 0.3) is 0 Å². The molecule has 134 valence electrons. The van der Waals surface area contributed by atoms with Crippen molar-refractivity contribution in [3.8, 4) is 17.2 Å². The van der Waals surface area contributed by atoms with Crippen molar-refractivity contribution in [2.45, 2.75) is 38.8 Å². The lowest BCUT2D eigenvalue weighted by atomic mass is 10.0. The van der Waals surface area contributed by atoms with Crippen molar-refractivity contribution in [1.29, 1.82) is 0 Å². The number of nitrogens with one attached hydrogen (secondary N) is 1. The normalized spacial score (nSPS) is 12.2. The number of aliphatic carboxylic acids is 1. The van der Waals surface area contributed by atoms with E-state index in [9.17, 15) is 19.8 Å². The molecular weight excluding hydrogens is 318 g/mol. The number of phenols is 1. The second kappa shape index (κ2) is 7.76. The third-order valence-electron chi connectivity index (χ3n) is 2.97. The zero-order chi connectivity index (χ0) is 18.5. The Kier molecular flexibility index (Phi) is 6.27. The molecule has 0 aliphatic heterocycles. The van der Waals surface area contributed by atoms with Crippen molar-refractivity contribution in [2.75, 3.05) is 14.2 Å². The molecule has 0 spiro atoms. The van der Waals surface area contributed by atoms with Gasteiger partial charge in [0.2, 0.25) is 5.75 Å². The van der Waals surface area contributed by atoms with Gasteiger partial charge in [-0.3, -0.25) is 0 Å². The first-order chi connectivity index (χ1) is 11.1. The summed E-state index contributed by atoms with van der Waals surface area (Å²) in [6.07, 6.45) is -0.866. The van der Waals surface area contributed by atoms with Crippen LogP contribution in [0.15, 0.2) is 12.1 Å². The molecule has 8 nitrogen and oxygen atoms in total. The fourth-order valence-corrected chi connectivity index (χ4v) is 1.95. The SMILES string of the molecule is COc1cc(CC(NC(=O)OC(C)(C)C)C(=O)O)cc(OC)c1O. The summed E-state index contributed by atoms with van der Waals surface area (Å²) in [6, 6.07) is 1.74. The Morgan fingerprint density at radius 1 is 1.17 bits per heavy atom. The van der Waals surface area contributed by atoms with E-state index in [1.807, 2.05) is 0 Å². The molecule has 3 N–H and O–H groups in total. The summed E-state index contributed by atoms with van der Waals surface area (Å²) in [5, 5.41) is 21.5. The number of amides is 1. The first-order valence-electron chi connectivity index (χ1n) is 7.23. The highest BCUT2D eigenvalue weighted by Crippen LogP contribution is 2.37. The van der Waals surface area contributed by atoms with Crippen molar-refractivity contribution >= 4 is 12.1 Å². The third-order valence-corrected chi connectivity index (χ3v) is 2.97. The smallest absolute Gasteiger partial charge is 0.408 e. The van der Waals surface area contributed by atoms with Crippen molar-refractivity contribution in [3.05, 3.63) is 17.7 Å². The zero-order valence-electron chi connectivity index (χ0n) is 14.4. The molecule has 1 atom stereocenters. The molecule has 0 heterocycles. The summed E-state index contributed by atoms with van der Waals surface area (Å²) in [4.78, 5) is 23.2. The number of hydrogen-bond donors (Lipinski definition) is 3. The molecule has 24 heavy (non-hydrogen) atoms. The molecular formula is C16H23NO7. The van der Waals surface area contributed by atoms with Gasteiger partial charge in [-0.25, -0.2) is 9.59 Å². The van der Waals surface area contributed by atoms with E-state index in [-0.39, 0.29) is 23.7 Å². The highest BCUT2D eigenvalue weighted by Gasteiger charge is 2.25. The summed E-state index contributed by atoms with van der Waals surface area (Å²) in [5.41, 5.74) is -0.233. The van der Waals surface area contributed by atoms with Gasteiger partial charge in [-0.05, 0) is 38.5 Å². The highest BCUT2D eigenvalue weighted by molar-refractivity contribution is 5.80. The summed E-state index contributed by atoms with van der Waals surface area (Å²) < 4.78 is 15.1. The Labute approximate surface area is 140 Å². The number of alkyl carbamates (subject to hydrolysis) is 1. The third kappa shape index (κ3) is 5.53. The number of hydrogen-bond acceptors (Lipinski definition) is 6. The van der Waals surface area contributed by atoms with Gasteiger partial charge in [0.05, 0.1) is 14.2 Å². The Balaban J connectivity index is 2.97. The van der Waals surface area contributed by atoms with Gasteiger partial charge in [-0.2, -0.15) is 0 Å². The minimum atomic E-state index is -1.22. The van der Waals surface area contributed by atoms with Crippen LogP contribution in [0.1, 0.15) is 26.3 Å². The summed E-state index contributed by atoms with van der Waals surface area (Å²) >= 11 is 0. The Morgan fingerprint density at radius 2 is 1.67 bits per heavy atom. The van der Waals surface area contributed by atoms with Crippen LogP contribution in [-0.2, 0) is 16.0 Å². The van der Waals surface area contributed by atoms with Crippen molar-refractivity contribution in [2.24, 2.45) is 0 Å². The number of carbonyl (C=O) groups is 2. The van der Waals surface area contributed by atoms with E-state index in [0.29, 0.717) is 5.56 Å². The minimum Gasteiger partial charge on any atom is -0.502 e. The Hall–Kier alpha value is -2.64. The number of carboxylic acid groups (broad SMARTS) is 1. The zero-order valence-corrected chi connectivity index (χ0v) is 14.4. The van der Waals surface area contributed by atoms with Crippen molar-refractivity contribution in [1.82, 2.24) is 5.32 Å². The molecule has 0 aliphatic rings. The summed E-state index contributed by atoms with van der Waals surface area (Å²) in [7, 11) is 2.73. The van der Waals surface area contributed by atoms with Crippen LogP contribution in [0.4, 0.5) is 4.79 Å². The maximum atomic E-state index is 11.8. The fourth-order valence-electron chi connectivity index (χ4n) is 1.95. The molecule has 0 bridgehead atoms.